The van der Waals surface area contributed by atoms with Gasteiger partial charge in [-0.15, -0.1) is 0 Å². The van der Waals surface area contributed by atoms with Crippen molar-refractivity contribution in [1.82, 2.24) is 10.6 Å². The monoisotopic (exact) mass is 401 g/mol. The third kappa shape index (κ3) is 7.48. The predicted molar refractivity (Wildman–Crippen MR) is 100 cm³/mol. The number of nitrogens with one attached hydrogen (secondary N) is 2. The van der Waals surface area contributed by atoms with Crippen LogP contribution in [0.3, 0.4) is 0 Å². The Labute approximate surface area is 159 Å². The highest BCUT2D eigenvalue weighted by Crippen LogP contribution is 2.31. The molecule has 0 radical (unpaired) electrons. The summed E-state index contributed by atoms with van der Waals surface area (Å²) in [6.45, 7) is 3.10. The normalized spacial score (nSPS) is 13.3. The van der Waals surface area contributed by atoms with Crippen LogP contribution in [0.1, 0.15) is 18.1 Å². The van der Waals surface area contributed by atoms with Crippen molar-refractivity contribution in [3.63, 3.8) is 0 Å². The molecule has 2 rings (SSSR count). The summed E-state index contributed by atoms with van der Waals surface area (Å²) in [5.74, 6) is 0.601. The lowest BCUT2D eigenvalue weighted by Crippen LogP contribution is -2.42. The van der Waals surface area contributed by atoms with Crippen LogP contribution in [0.4, 0.5) is 13.2 Å². The van der Waals surface area contributed by atoms with E-state index in [1.165, 1.54) is 12.1 Å². The van der Waals surface area contributed by atoms with Crippen molar-refractivity contribution in [2.45, 2.75) is 25.7 Å². The van der Waals surface area contributed by atoms with E-state index >= 15 is 0 Å². The summed E-state index contributed by atoms with van der Waals surface area (Å²) in [6, 6.07) is 6.55. The molecule has 1 unspecified atom stereocenters. The number of aliphatic hydroxyl groups is 1. The zero-order valence-electron chi connectivity index (χ0n) is 14.8. The number of rotatable bonds is 8. The van der Waals surface area contributed by atoms with Crippen LogP contribution in [0.5, 0.6) is 5.75 Å². The van der Waals surface area contributed by atoms with E-state index in [1.807, 2.05) is 23.8 Å². The van der Waals surface area contributed by atoms with Gasteiger partial charge in [0.25, 0.3) is 0 Å². The summed E-state index contributed by atoms with van der Waals surface area (Å²) in [6.07, 6.45) is -5.34. The molecule has 0 saturated carbocycles. The predicted octanol–water partition coefficient (Wildman–Crippen LogP) is 3.26. The maximum atomic E-state index is 12.7. The van der Waals surface area contributed by atoms with Gasteiger partial charge >= 0.3 is 6.18 Å². The van der Waals surface area contributed by atoms with E-state index in [-0.39, 0.29) is 18.9 Å². The second-order valence-electron chi connectivity index (χ2n) is 5.70. The minimum absolute atomic E-state index is 0.0573. The van der Waals surface area contributed by atoms with Gasteiger partial charge in [-0.3, -0.25) is 0 Å². The van der Waals surface area contributed by atoms with Gasteiger partial charge in [-0.1, -0.05) is 6.07 Å². The number of aliphatic imine (C=N–C) groups is 1. The van der Waals surface area contributed by atoms with Crippen molar-refractivity contribution in [3.05, 3.63) is 52.2 Å². The van der Waals surface area contributed by atoms with Crippen molar-refractivity contribution in [2.24, 2.45) is 4.99 Å². The second-order valence-corrected chi connectivity index (χ2v) is 6.48. The van der Waals surface area contributed by atoms with E-state index in [2.05, 4.69) is 15.6 Å². The number of thiophene rings is 1. The van der Waals surface area contributed by atoms with E-state index in [9.17, 15) is 18.3 Å². The van der Waals surface area contributed by atoms with Crippen LogP contribution in [-0.4, -0.2) is 36.9 Å². The van der Waals surface area contributed by atoms with Crippen molar-refractivity contribution in [2.75, 3.05) is 19.7 Å². The minimum atomic E-state index is -4.43. The summed E-state index contributed by atoms with van der Waals surface area (Å²) in [5.41, 5.74) is 0.299. The molecule has 0 aliphatic rings. The fraction of sp³-hybridized carbons (Fsp3) is 0.389. The van der Waals surface area contributed by atoms with E-state index in [1.54, 1.807) is 11.3 Å². The Morgan fingerprint density at radius 2 is 2.11 bits per heavy atom. The van der Waals surface area contributed by atoms with Crippen molar-refractivity contribution >= 4 is 17.3 Å². The van der Waals surface area contributed by atoms with Crippen LogP contribution >= 0.6 is 11.3 Å². The number of nitrogens with zero attached hydrogens (tertiary/aromatic N) is 1. The highest BCUT2D eigenvalue weighted by molar-refractivity contribution is 7.07. The Bertz CT molecular complexity index is 721. The highest BCUT2D eigenvalue weighted by atomic mass is 32.1. The maximum absolute atomic E-state index is 12.7. The Kier molecular flexibility index (Phi) is 7.93. The summed E-state index contributed by atoms with van der Waals surface area (Å²) in [7, 11) is 0. The minimum Gasteiger partial charge on any atom is -0.491 e. The topological polar surface area (TPSA) is 65.9 Å². The van der Waals surface area contributed by atoms with Gasteiger partial charge in [0.1, 0.15) is 18.5 Å². The molecule has 148 valence electrons. The van der Waals surface area contributed by atoms with Gasteiger partial charge in [0, 0.05) is 13.1 Å². The SMILES string of the molecule is CCNC(=NCc1ccsc1)NCC(O)COc1cccc(C(F)(F)F)c1. The molecule has 0 amide bonds. The lowest BCUT2D eigenvalue weighted by molar-refractivity contribution is -0.137. The molecule has 3 N–H and O–H groups in total. The highest BCUT2D eigenvalue weighted by Gasteiger charge is 2.30. The Morgan fingerprint density at radius 3 is 2.78 bits per heavy atom. The Hall–Kier alpha value is -2.26. The van der Waals surface area contributed by atoms with Gasteiger partial charge < -0.3 is 20.5 Å². The first-order valence-corrected chi connectivity index (χ1v) is 9.34. The molecular weight excluding hydrogens is 379 g/mol. The van der Waals surface area contributed by atoms with Crippen LogP contribution in [0, 0.1) is 0 Å². The first-order chi connectivity index (χ1) is 12.9. The number of hydrogen-bond donors (Lipinski definition) is 3. The van der Waals surface area contributed by atoms with Crippen molar-refractivity contribution in [3.8, 4) is 5.75 Å². The molecule has 0 aliphatic heterocycles. The number of hydrogen-bond acceptors (Lipinski definition) is 4. The lowest BCUT2D eigenvalue weighted by atomic mass is 10.2. The van der Waals surface area contributed by atoms with Crippen LogP contribution in [0.25, 0.3) is 0 Å². The lowest BCUT2D eigenvalue weighted by Gasteiger charge is -2.16. The molecule has 1 aromatic carbocycles. The van der Waals surface area contributed by atoms with E-state index in [4.69, 9.17) is 4.74 Å². The van der Waals surface area contributed by atoms with Gasteiger partial charge in [0.05, 0.1) is 12.1 Å². The molecule has 9 heteroatoms. The average molecular weight is 401 g/mol. The molecule has 1 atom stereocenters. The summed E-state index contributed by atoms with van der Waals surface area (Å²) < 4.78 is 43.3. The second kappa shape index (κ2) is 10.2. The number of ether oxygens (including phenoxy) is 1. The molecule has 0 saturated heterocycles. The van der Waals surface area contributed by atoms with Gasteiger partial charge in [-0.2, -0.15) is 24.5 Å². The Morgan fingerprint density at radius 1 is 1.30 bits per heavy atom. The molecule has 2 aromatic rings. The third-order valence-corrected chi connectivity index (χ3v) is 4.18. The van der Waals surface area contributed by atoms with Crippen molar-refractivity contribution in [1.29, 1.82) is 0 Å². The van der Waals surface area contributed by atoms with Crippen LogP contribution in [0.15, 0.2) is 46.1 Å². The molecular formula is C18H22F3N3O2S. The van der Waals surface area contributed by atoms with E-state index in [0.29, 0.717) is 19.0 Å². The maximum Gasteiger partial charge on any atom is 0.416 e. The van der Waals surface area contributed by atoms with Crippen LogP contribution in [0.2, 0.25) is 0 Å². The van der Waals surface area contributed by atoms with Gasteiger partial charge in [-0.25, -0.2) is 4.99 Å². The largest absolute Gasteiger partial charge is 0.491 e. The molecule has 0 bridgehead atoms. The molecule has 0 spiro atoms. The first kappa shape index (κ1) is 21.0. The van der Waals surface area contributed by atoms with Crippen molar-refractivity contribution < 1.29 is 23.0 Å². The summed E-state index contributed by atoms with van der Waals surface area (Å²) >= 11 is 1.59. The first-order valence-electron chi connectivity index (χ1n) is 8.40. The van der Waals surface area contributed by atoms with Crippen LogP contribution < -0.4 is 15.4 Å². The molecule has 0 fully saturated rings. The molecule has 1 heterocycles. The number of halogens is 3. The van der Waals surface area contributed by atoms with E-state index in [0.717, 1.165) is 17.7 Å². The zero-order valence-corrected chi connectivity index (χ0v) is 15.6. The fourth-order valence-corrected chi connectivity index (χ4v) is 2.78. The number of guanidine groups is 1. The number of alkyl halides is 3. The number of benzene rings is 1. The number of aliphatic hydroxyl groups excluding tert-OH is 1. The Balaban J connectivity index is 1.82. The standard InChI is InChI=1S/C18H22F3N3O2S/c1-2-22-17(23-9-13-6-7-27-12-13)24-10-15(25)11-26-16-5-3-4-14(8-16)18(19,20)21/h3-8,12,15,25H,2,9-11H2,1H3,(H2,22,23,24). The summed E-state index contributed by atoms with van der Waals surface area (Å²) in [5, 5.41) is 20.0. The molecule has 5 nitrogen and oxygen atoms in total. The van der Waals surface area contributed by atoms with Crippen LogP contribution in [-0.2, 0) is 12.7 Å². The smallest absolute Gasteiger partial charge is 0.416 e. The average Bonchev–Trinajstić information content (AvgIpc) is 3.15. The molecule has 1 aromatic heterocycles. The molecule has 27 heavy (non-hydrogen) atoms. The molecule has 0 aliphatic carbocycles. The summed E-state index contributed by atoms with van der Waals surface area (Å²) in [4.78, 5) is 4.41. The van der Waals surface area contributed by atoms with Gasteiger partial charge in [0.2, 0.25) is 0 Å². The quantitative estimate of drug-likeness (QED) is 0.469. The zero-order chi connectivity index (χ0) is 19.7. The van der Waals surface area contributed by atoms with Gasteiger partial charge in [0.15, 0.2) is 5.96 Å². The fourth-order valence-electron chi connectivity index (χ4n) is 2.12. The third-order valence-electron chi connectivity index (χ3n) is 3.45. The van der Waals surface area contributed by atoms with E-state index < -0.39 is 17.8 Å². The van der Waals surface area contributed by atoms with Gasteiger partial charge in [-0.05, 0) is 47.5 Å².